The summed E-state index contributed by atoms with van der Waals surface area (Å²) in [5.74, 6) is -1.30. The summed E-state index contributed by atoms with van der Waals surface area (Å²) >= 11 is 0. The highest BCUT2D eigenvalue weighted by atomic mass is 19.1. The van der Waals surface area contributed by atoms with Crippen LogP contribution in [-0.4, -0.2) is 29.2 Å². The molecule has 0 spiro atoms. The number of rotatable bonds is 4. The van der Waals surface area contributed by atoms with Gasteiger partial charge < -0.3 is 4.90 Å². The molecule has 0 aromatic heterocycles. The zero-order chi connectivity index (χ0) is 18.5. The fourth-order valence-corrected chi connectivity index (χ4v) is 2.71. The van der Waals surface area contributed by atoms with E-state index in [0.717, 1.165) is 18.5 Å². The van der Waals surface area contributed by atoms with Crippen molar-refractivity contribution in [2.24, 2.45) is 0 Å². The second kappa shape index (κ2) is 7.77. The summed E-state index contributed by atoms with van der Waals surface area (Å²) in [5.41, 5.74) is 6.14. The lowest BCUT2D eigenvalue weighted by molar-refractivity contribution is -0.128. The van der Waals surface area contributed by atoms with Crippen molar-refractivity contribution in [3.05, 3.63) is 71.0 Å². The normalized spacial score (nSPS) is 13.6. The predicted octanol–water partition coefficient (Wildman–Crippen LogP) is 2.02. The van der Waals surface area contributed by atoms with E-state index in [1.54, 1.807) is 29.2 Å². The predicted molar refractivity (Wildman–Crippen MR) is 92.4 cm³/mol. The van der Waals surface area contributed by atoms with Gasteiger partial charge in [-0.15, -0.1) is 0 Å². The molecule has 0 bridgehead atoms. The van der Waals surface area contributed by atoms with Crippen LogP contribution in [0.4, 0.5) is 4.39 Å². The van der Waals surface area contributed by atoms with Crippen molar-refractivity contribution >= 4 is 17.7 Å². The monoisotopic (exact) mass is 355 g/mol. The van der Waals surface area contributed by atoms with Gasteiger partial charge in [-0.25, -0.2) is 4.39 Å². The Kier molecular flexibility index (Phi) is 5.26. The minimum Gasteiger partial charge on any atom is -0.338 e. The fraction of sp³-hybridized carbons (Fsp3) is 0.211. The van der Waals surface area contributed by atoms with Crippen LogP contribution in [0.2, 0.25) is 0 Å². The molecule has 26 heavy (non-hydrogen) atoms. The van der Waals surface area contributed by atoms with Gasteiger partial charge in [0.1, 0.15) is 5.82 Å². The maximum absolute atomic E-state index is 12.8. The van der Waals surface area contributed by atoms with Gasteiger partial charge in [0.15, 0.2) is 0 Å². The Labute approximate surface area is 150 Å². The second-order valence-corrected chi connectivity index (χ2v) is 6.03. The third kappa shape index (κ3) is 4.24. The zero-order valence-electron chi connectivity index (χ0n) is 14.0. The summed E-state index contributed by atoms with van der Waals surface area (Å²) in [4.78, 5) is 37.4. The molecule has 6 nitrogen and oxygen atoms in total. The van der Waals surface area contributed by atoms with Gasteiger partial charge in [0, 0.05) is 30.6 Å². The van der Waals surface area contributed by atoms with E-state index in [-0.39, 0.29) is 11.5 Å². The average molecular weight is 355 g/mol. The van der Waals surface area contributed by atoms with Gasteiger partial charge in [-0.05, 0) is 48.4 Å². The molecule has 0 atom stereocenters. The van der Waals surface area contributed by atoms with E-state index < -0.39 is 17.6 Å². The summed E-state index contributed by atoms with van der Waals surface area (Å²) in [5, 5.41) is 0. The van der Waals surface area contributed by atoms with Crippen molar-refractivity contribution in [1.82, 2.24) is 15.8 Å². The van der Waals surface area contributed by atoms with Gasteiger partial charge in [-0.3, -0.25) is 25.2 Å². The number of benzene rings is 2. The van der Waals surface area contributed by atoms with Gasteiger partial charge in [0.05, 0.1) is 0 Å². The van der Waals surface area contributed by atoms with E-state index in [1.165, 1.54) is 24.3 Å². The summed E-state index contributed by atoms with van der Waals surface area (Å²) in [6.45, 7) is 1.29. The van der Waals surface area contributed by atoms with E-state index in [2.05, 4.69) is 10.9 Å². The van der Waals surface area contributed by atoms with Gasteiger partial charge in [-0.2, -0.15) is 0 Å². The van der Waals surface area contributed by atoms with Crippen LogP contribution in [0.5, 0.6) is 0 Å². The number of carbonyl (C=O) groups is 3. The topological polar surface area (TPSA) is 78.5 Å². The van der Waals surface area contributed by atoms with Crippen LogP contribution in [0.25, 0.3) is 0 Å². The Morgan fingerprint density at radius 3 is 1.96 bits per heavy atom. The summed E-state index contributed by atoms with van der Waals surface area (Å²) in [7, 11) is 0. The molecule has 0 aliphatic carbocycles. The van der Waals surface area contributed by atoms with Crippen LogP contribution in [0, 0.1) is 5.82 Å². The van der Waals surface area contributed by atoms with Crippen LogP contribution in [0.15, 0.2) is 48.5 Å². The molecular weight excluding hydrogens is 337 g/mol. The molecule has 0 unspecified atom stereocenters. The van der Waals surface area contributed by atoms with Gasteiger partial charge in [-0.1, -0.05) is 12.1 Å². The average Bonchev–Trinajstić information content (AvgIpc) is 3.05. The van der Waals surface area contributed by atoms with Crippen molar-refractivity contribution in [3.8, 4) is 0 Å². The molecule has 0 radical (unpaired) electrons. The van der Waals surface area contributed by atoms with Gasteiger partial charge >= 0.3 is 0 Å². The van der Waals surface area contributed by atoms with Crippen LogP contribution < -0.4 is 10.9 Å². The lowest BCUT2D eigenvalue weighted by atomic mass is 10.1. The zero-order valence-corrected chi connectivity index (χ0v) is 14.0. The molecule has 3 rings (SSSR count). The quantitative estimate of drug-likeness (QED) is 0.824. The van der Waals surface area contributed by atoms with Gasteiger partial charge in [0.25, 0.3) is 11.8 Å². The molecule has 0 saturated carbocycles. The minimum absolute atomic E-state index is 0.148. The molecule has 2 aromatic rings. The summed E-state index contributed by atoms with van der Waals surface area (Å²) in [6.07, 6.45) is 1.47. The highest BCUT2D eigenvalue weighted by Crippen LogP contribution is 2.14. The first-order valence-corrected chi connectivity index (χ1v) is 8.26. The van der Waals surface area contributed by atoms with E-state index in [9.17, 15) is 18.8 Å². The Balaban J connectivity index is 1.53. The Morgan fingerprint density at radius 1 is 0.923 bits per heavy atom. The SMILES string of the molecule is O=C(NNC(=O)c1ccc(CN2CCCC2=O)cc1)c1ccc(F)cc1. The lowest BCUT2D eigenvalue weighted by Crippen LogP contribution is -2.41. The van der Waals surface area contributed by atoms with E-state index in [1.807, 2.05) is 0 Å². The fourth-order valence-electron chi connectivity index (χ4n) is 2.71. The number of likely N-dealkylation sites (tertiary alicyclic amines) is 1. The number of hydrogen-bond acceptors (Lipinski definition) is 3. The number of amides is 3. The number of hydrazine groups is 1. The first-order chi connectivity index (χ1) is 12.5. The molecule has 7 heteroatoms. The molecule has 2 N–H and O–H groups in total. The lowest BCUT2D eigenvalue weighted by Gasteiger charge is -2.15. The molecule has 2 aromatic carbocycles. The molecule has 1 fully saturated rings. The third-order valence-corrected chi connectivity index (χ3v) is 4.16. The molecular formula is C19H18FN3O3. The summed E-state index contributed by atoms with van der Waals surface area (Å²) < 4.78 is 12.8. The number of nitrogens with zero attached hydrogens (tertiary/aromatic N) is 1. The van der Waals surface area contributed by atoms with Crippen LogP contribution in [-0.2, 0) is 11.3 Å². The smallest absolute Gasteiger partial charge is 0.269 e. The van der Waals surface area contributed by atoms with Crippen molar-refractivity contribution in [1.29, 1.82) is 0 Å². The van der Waals surface area contributed by atoms with Crippen molar-refractivity contribution in [3.63, 3.8) is 0 Å². The molecule has 1 aliphatic rings. The van der Waals surface area contributed by atoms with Crippen LogP contribution in [0.1, 0.15) is 39.1 Å². The maximum atomic E-state index is 12.8. The number of halogens is 1. The number of carbonyl (C=O) groups excluding carboxylic acids is 3. The molecule has 1 heterocycles. The molecule has 3 amide bonds. The van der Waals surface area contributed by atoms with Crippen molar-refractivity contribution in [2.45, 2.75) is 19.4 Å². The number of nitrogens with one attached hydrogen (secondary N) is 2. The Hall–Kier alpha value is -3.22. The third-order valence-electron chi connectivity index (χ3n) is 4.16. The van der Waals surface area contributed by atoms with Crippen molar-refractivity contribution < 1.29 is 18.8 Å². The number of hydrogen-bond donors (Lipinski definition) is 2. The molecule has 1 aliphatic heterocycles. The molecule has 134 valence electrons. The van der Waals surface area contributed by atoms with E-state index in [4.69, 9.17) is 0 Å². The van der Waals surface area contributed by atoms with Crippen LogP contribution in [0.3, 0.4) is 0 Å². The summed E-state index contributed by atoms with van der Waals surface area (Å²) in [6, 6.07) is 11.8. The van der Waals surface area contributed by atoms with Crippen molar-refractivity contribution in [2.75, 3.05) is 6.54 Å². The first kappa shape index (κ1) is 17.6. The highest BCUT2D eigenvalue weighted by Gasteiger charge is 2.20. The Bertz CT molecular complexity index is 819. The van der Waals surface area contributed by atoms with Crippen LogP contribution >= 0.6 is 0 Å². The standard InChI is InChI=1S/C19H18FN3O3/c20-16-9-7-15(8-10-16)19(26)22-21-18(25)14-5-3-13(4-6-14)12-23-11-1-2-17(23)24/h3-10H,1-2,11-12H2,(H,21,25)(H,22,26). The second-order valence-electron chi connectivity index (χ2n) is 6.03. The Morgan fingerprint density at radius 2 is 1.46 bits per heavy atom. The molecule has 1 saturated heterocycles. The van der Waals surface area contributed by atoms with Gasteiger partial charge in [0.2, 0.25) is 5.91 Å². The maximum Gasteiger partial charge on any atom is 0.269 e. The van der Waals surface area contributed by atoms with E-state index >= 15 is 0 Å². The minimum atomic E-state index is -0.539. The van der Waals surface area contributed by atoms with E-state index in [0.29, 0.717) is 18.5 Å². The first-order valence-electron chi connectivity index (χ1n) is 8.26. The largest absolute Gasteiger partial charge is 0.338 e. The highest BCUT2D eigenvalue weighted by molar-refractivity contribution is 5.99.